The SMILES string of the molecule is C=C[C@H]1C[NH2+]CC[C@H]1CC(=O)O. The van der Waals surface area contributed by atoms with Crippen molar-refractivity contribution in [2.75, 3.05) is 13.1 Å². The van der Waals surface area contributed by atoms with Crippen molar-refractivity contribution in [3.63, 3.8) is 0 Å². The van der Waals surface area contributed by atoms with Crippen LogP contribution in [0.4, 0.5) is 0 Å². The Kier molecular flexibility index (Phi) is 3.29. The first kappa shape index (κ1) is 9.26. The number of nitrogens with two attached hydrogens (primary N) is 1. The number of carboxylic acid groups (broad SMARTS) is 1. The summed E-state index contributed by atoms with van der Waals surface area (Å²) < 4.78 is 0. The van der Waals surface area contributed by atoms with Gasteiger partial charge in [0.1, 0.15) is 0 Å². The number of aliphatic carboxylic acids is 1. The number of rotatable bonds is 3. The van der Waals surface area contributed by atoms with E-state index < -0.39 is 5.97 Å². The van der Waals surface area contributed by atoms with Crippen LogP contribution in [0.5, 0.6) is 0 Å². The first-order chi connectivity index (χ1) is 5.74. The molecule has 0 aliphatic carbocycles. The summed E-state index contributed by atoms with van der Waals surface area (Å²) in [5, 5.41) is 10.9. The van der Waals surface area contributed by atoms with E-state index in [1.165, 1.54) is 0 Å². The van der Waals surface area contributed by atoms with Crippen molar-refractivity contribution in [1.29, 1.82) is 0 Å². The van der Waals surface area contributed by atoms with Crippen LogP contribution >= 0.6 is 0 Å². The van der Waals surface area contributed by atoms with Crippen LogP contribution in [-0.2, 0) is 4.79 Å². The molecule has 0 amide bonds. The van der Waals surface area contributed by atoms with Crippen molar-refractivity contribution < 1.29 is 15.2 Å². The minimum absolute atomic E-state index is 0.296. The van der Waals surface area contributed by atoms with E-state index in [9.17, 15) is 4.79 Å². The molecule has 1 aliphatic heterocycles. The minimum atomic E-state index is -0.686. The summed E-state index contributed by atoms with van der Waals surface area (Å²) >= 11 is 0. The highest BCUT2D eigenvalue weighted by molar-refractivity contribution is 5.67. The van der Waals surface area contributed by atoms with Crippen LogP contribution in [0.3, 0.4) is 0 Å². The van der Waals surface area contributed by atoms with E-state index in [0.29, 0.717) is 18.3 Å². The third-order valence-corrected chi connectivity index (χ3v) is 2.53. The number of carboxylic acids is 1. The van der Waals surface area contributed by atoms with E-state index >= 15 is 0 Å². The number of hydrogen-bond donors (Lipinski definition) is 2. The molecule has 0 aromatic carbocycles. The minimum Gasteiger partial charge on any atom is -0.481 e. The Bertz CT molecular complexity index is 179. The molecule has 68 valence electrons. The molecule has 0 bridgehead atoms. The van der Waals surface area contributed by atoms with Crippen LogP contribution in [0.15, 0.2) is 12.7 Å². The van der Waals surface area contributed by atoms with E-state index in [-0.39, 0.29) is 0 Å². The maximum atomic E-state index is 10.5. The van der Waals surface area contributed by atoms with Gasteiger partial charge in [-0.25, -0.2) is 0 Å². The van der Waals surface area contributed by atoms with Crippen LogP contribution in [0.25, 0.3) is 0 Å². The Morgan fingerprint density at radius 1 is 1.75 bits per heavy atom. The van der Waals surface area contributed by atoms with Gasteiger partial charge in [0.15, 0.2) is 0 Å². The van der Waals surface area contributed by atoms with E-state index in [4.69, 9.17) is 5.11 Å². The topological polar surface area (TPSA) is 53.9 Å². The number of quaternary nitrogens is 1. The molecule has 1 saturated heterocycles. The summed E-state index contributed by atoms with van der Waals surface area (Å²) in [7, 11) is 0. The summed E-state index contributed by atoms with van der Waals surface area (Å²) in [5.41, 5.74) is 0. The number of piperidine rings is 1. The largest absolute Gasteiger partial charge is 0.481 e. The van der Waals surface area contributed by atoms with Gasteiger partial charge in [-0.15, -0.1) is 6.58 Å². The summed E-state index contributed by atoms with van der Waals surface area (Å²) in [5.74, 6) is 0.00796. The highest BCUT2D eigenvalue weighted by atomic mass is 16.4. The first-order valence-corrected chi connectivity index (χ1v) is 4.40. The lowest BCUT2D eigenvalue weighted by Crippen LogP contribution is -2.88. The number of carbonyl (C=O) groups is 1. The molecule has 2 atom stereocenters. The van der Waals surface area contributed by atoms with Crippen LogP contribution in [0.1, 0.15) is 12.8 Å². The maximum Gasteiger partial charge on any atom is 0.303 e. The van der Waals surface area contributed by atoms with Gasteiger partial charge < -0.3 is 10.4 Å². The molecule has 0 saturated carbocycles. The van der Waals surface area contributed by atoms with Gasteiger partial charge in [-0.1, -0.05) is 6.08 Å². The Labute approximate surface area is 72.5 Å². The van der Waals surface area contributed by atoms with Gasteiger partial charge in [-0.2, -0.15) is 0 Å². The van der Waals surface area contributed by atoms with Gasteiger partial charge in [0.2, 0.25) is 0 Å². The predicted molar refractivity (Wildman–Crippen MR) is 45.7 cm³/mol. The molecule has 1 aliphatic rings. The highest BCUT2D eigenvalue weighted by Crippen LogP contribution is 2.20. The van der Waals surface area contributed by atoms with Crippen LogP contribution in [-0.4, -0.2) is 24.2 Å². The zero-order chi connectivity index (χ0) is 8.97. The van der Waals surface area contributed by atoms with Crippen LogP contribution < -0.4 is 5.32 Å². The van der Waals surface area contributed by atoms with E-state index in [1.54, 1.807) is 0 Å². The number of hydrogen-bond acceptors (Lipinski definition) is 1. The Morgan fingerprint density at radius 2 is 2.50 bits per heavy atom. The summed E-state index contributed by atoms with van der Waals surface area (Å²) in [6.07, 6.45) is 3.19. The lowest BCUT2D eigenvalue weighted by molar-refractivity contribution is -0.670. The van der Waals surface area contributed by atoms with Gasteiger partial charge >= 0.3 is 5.97 Å². The summed E-state index contributed by atoms with van der Waals surface area (Å²) in [6.45, 7) is 5.79. The van der Waals surface area contributed by atoms with Gasteiger partial charge in [-0.3, -0.25) is 4.79 Å². The van der Waals surface area contributed by atoms with Crippen LogP contribution in [0.2, 0.25) is 0 Å². The molecule has 3 heteroatoms. The lowest BCUT2D eigenvalue weighted by Gasteiger charge is -2.26. The smallest absolute Gasteiger partial charge is 0.303 e. The molecule has 3 N–H and O–H groups in total. The second kappa shape index (κ2) is 4.26. The Balaban J connectivity index is 2.46. The molecule has 0 aromatic rings. The molecule has 0 aromatic heterocycles. The van der Waals surface area contributed by atoms with E-state index in [1.807, 2.05) is 6.08 Å². The quantitative estimate of drug-likeness (QED) is 0.579. The normalized spacial score (nSPS) is 29.7. The fraction of sp³-hybridized carbons (Fsp3) is 0.667. The fourth-order valence-corrected chi connectivity index (χ4v) is 1.82. The molecular weight excluding hydrogens is 154 g/mol. The maximum absolute atomic E-state index is 10.5. The highest BCUT2D eigenvalue weighted by Gasteiger charge is 2.26. The second-order valence-electron chi connectivity index (χ2n) is 3.36. The monoisotopic (exact) mass is 170 g/mol. The standard InChI is InChI=1S/C9H15NO2/c1-2-7-6-10-4-3-8(7)5-9(11)12/h2,7-8,10H,1,3-6H2,(H,11,12)/p+1/t7-,8-/m0/s1. The van der Waals surface area contributed by atoms with Crippen molar-refractivity contribution in [2.24, 2.45) is 11.8 Å². The molecule has 0 radical (unpaired) electrons. The lowest BCUT2D eigenvalue weighted by atomic mass is 9.84. The van der Waals surface area contributed by atoms with Gasteiger partial charge in [-0.05, 0) is 5.92 Å². The molecule has 1 heterocycles. The Morgan fingerprint density at radius 3 is 3.08 bits per heavy atom. The molecule has 0 spiro atoms. The average Bonchev–Trinajstić information content (AvgIpc) is 2.04. The zero-order valence-electron chi connectivity index (χ0n) is 7.20. The van der Waals surface area contributed by atoms with Crippen LogP contribution in [0, 0.1) is 11.8 Å². The van der Waals surface area contributed by atoms with Gasteiger partial charge in [0, 0.05) is 18.8 Å². The first-order valence-electron chi connectivity index (χ1n) is 4.40. The van der Waals surface area contributed by atoms with Crippen molar-refractivity contribution in [2.45, 2.75) is 12.8 Å². The van der Waals surface area contributed by atoms with Crippen molar-refractivity contribution in [3.8, 4) is 0 Å². The van der Waals surface area contributed by atoms with Crippen molar-refractivity contribution >= 4 is 5.97 Å². The van der Waals surface area contributed by atoms with E-state index in [2.05, 4.69) is 11.9 Å². The second-order valence-corrected chi connectivity index (χ2v) is 3.36. The van der Waals surface area contributed by atoms with Crippen molar-refractivity contribution in [3.05, 3.63) is 12.7 Å². The molecular formula is C9H16NO2+. The molecule has 3 nitrogen and oxygen atoms in total. The average molecular weight is 170 g/mol. The molecule has 12 heavy (non-hydrogen) atoms. The summed E-state index contributed by atoms with van der Waals surface area (Å²) in [6, 6.07) is 0. The third kappa shape index (κ3) is 2.34. The van der Waals surface area contributed by atoms with E-state index in [0.717, 1.165) is 19.5 Å². The van der Waals surface area contributed by atoms with Gasteiger partial charge in [0.05, 0.1) is 13.1 Å². The zero-order valence-corrected chi connectivity index (χ0v) is 7.20. The third-order valence-electron chi connectivity index (χ3n) is 2.53. The van der Waals surface area contributed by atoms with Gasteiger partial charge in [0.25, 0.3) is 0 Å². The molecule has 0 unspecified atom stereocenters. The molecule has 1 rings (SSSR count). The summed E-state index contributed by atoms with van der Waals surface area (Å²) in [4.78, 5) is 10.5. The fourth-order valence-electron chi connectivity index (χ4n) is 1.82. The van der Waals surface area contributed by atoms with Crippen molar-refractivity contribution in [1.82, 2.24) is 0 Å². The molecule has 1 fully saturated rings. The predicted octanol–water partition coefficient (Wildman–Crippen LogP) is -0.153. The Hall–Kier alpha value is -0.830.